The van der Waals surface area contributed by atoms with E-state index in [1.807, 2.05) is 30.3 Å². The zero-order chi connectivity index (χ0) is 19.8. The number of esters is 1. The number of rotatable bonds is 5. The number of fused-ring (bicyclic) bond motifs is 4. The molecule has 0 radical (unpaired) electrons. The van der Waals surface area contributed by atoms with Crippen LogP contribution in [0, 0.1) is 11.8 Å². The average Bonchev–Trinajstić information content (AvgIpc) is 3.32. The molecular formula is C24H24N2O3. The minimum Gasteiger partial charge on any atom is -0.457 e. The topological polar surface area (TPSA) is 55.6 Å². The van der Waals surface area contributed by atoms with E-state index in [4.69, 9.17) is 9.15 Å². The molecule has 29 heavy (non-hydrogen) atoms. The first-order valence-corrected chi connectivity index (χ1v) is 10.2. The number of piperidine rings is 3. The molecule has 3 aromatic rings. The van der Waals surface area contributed by atoms with Gasteiger partial charge in [0.05, 0.1) is 17.8 Å². The number of carbonyl (C=O) groups excluding carboxylic acids is 1. The number of hydrogen-bond acceptors (Lipinski definition) is 5. The van der Waals surface area contributed by atoms with E-state index >= 15 is 0 Å². The van der Waals surface area contributed by atoms with Gasteiger partial charge in [0, 0.05) is 23.7 Å². The fourth-order valence-electron chi connectivity index (χ4n) is 4.98. The molecule has 2 bridgehead atoms. The number of benzene rings is 1. The van der Waals surface area contributed by atoms with E-state index in [9.17, 15) is 4.79 Å². The molecule has 3 aliphatic heterocycles. The number of nitrogens with zero attached hydrogens (tertiary/aromatic N) is 2. The lowest BCUT2D eigenvalue weighted by molar-refractivity contribution is -0.0578. The van der Waals surface area contributed by atoms with Gasteiger partial charge < -0.3 is 9.15 Å². The monoisotopic (exact) mass is 388 g/mol. The Hall–Kier alpha value is -2.92. The van der Waals surface area contributed by atoms with Gasteiger partial charge in [-0.2, -0.15) is 0 Å². The summed E-state index contributed by atoms with van der Waals surface area (Å²) in [5.74, 6) is 0.896. The zero-order valence-corrected chi connectivity index (χ0v) is 16.2. The maximum absolute atomic E-state index is 12.8. The molecule has 1 aromatic carbocycles. The Morgan fingerprint density at radius 1 is 1.28 bits per heavy atom. The Kier molecular flexibility index (Phi) is 4.68. The van der Waals surface area contributed by atoms with E-state index in [0.717, 1.165) is 36.0 Å². The lowest BCUT2D eigenvalue weighted by atomic mass is 9.73. The Labute approximate surface area is 170 Å². The van der Waals surface area contributed by atoms with Crippen LogP contribution < -0.4 is 0 Å². The second-order valence-electron chi connectivity index (χ2n) is 7.97. The summed E-state index contributed by atoms with van der Waals surface area (Å²) in [6.45, 7) is 6.02. The maximum Gasteiger partial charge on any atom is 0.374 e. The summed E-state index contributed by atoms with van der Waals surface area (Å²) < 4.78 is 11.4. The molecule has 1 unspecified atom stereocenters. The van der Waals surface area contributed by atoms with E-state index in [1.165, 1.54) is 12.7 Å². The molecule has 3 fully saturated rings. The largest absolute Gasteiger partial charge is 0.457 e. The van der Waals surface area contributed by atoms with Crippen LogP contribution >= 0.6 is 0 Å². The van der Waals surface area contributed by atoms with Crippen LogP contribution in [-0.4, -0.2) is 35.0 Å². The molecule has 5 heteroatoms. The fraction of sp³-hybridized carbons (Fsp3) is 0.333. The molecule has 0 aliphatic carbocycles. The van der Waals surface area contributed by atoms with Crippen LogP contribution in [0.3, 0.4) is 0 Å². The van der Waals surface area contributed by atoms with Crippen molar-refractivity contribution in [2.24, 2.45) is 11.8 Å². The van der Waals surface area contributed by atoms with Gasteiger partial charge in [-0.05, 0) is 55.5 Å². The molecule has 0 amide bonds. The van der Waals surface area contributed by atoms with E-state index < -0.39 is 5.97 Å². The first-order chi connectivity index (χ1) is 14.2. The molecule has 0 saturated carbocycles. The van der Waals surface area contributed by atoms with Gasteiger partial charge in [-0.1, -0.05) is 24.3 Å². The summed E-state index contributed by atoms with van der Waals surface area (Å²) in [6.07, 6.45) is 7.16. The molecule has 5 heterocycles. The highest BCUT2D eigenvalue weighted by molar-refractivity contribution is 5.87. The molecule has 2 aromatic heterocycles. The number of ether oxygens (including phenoxy) is 1. The predicted octanol–water partition coefficient (Wildman–Crippen LogP) is 4.62. The summed E-state index contributed by atoms with van der Waals surface area (Å²) in [5.41, 5.74) is 1.91. The van der Waals surface area contributed by atoms with E-state index in [1.54, 1.807) is 18.3 Å². The van der Waals surface area contributed by atoms with E-state index in [0.29, 0.717) is 11.8 Å². The highest BCUT2D eigenvalue weighted by Crippen LogP contribution is 2.43. The molecule has 0 spiro atoms. The summed E-state index contributed by atoms with van der Waals surface area (Å²) in [6, 6.07) is 13.5. The maximum atomic E-state index is 12.8. The number of pyridine rings is 1. The van der Waals surface area contributed by atoms with Crippen LogP contribution in [0.15, 0.2) is 72.0 Å². The van der Waals surface area contributed by atoms with Crippen molar-refractivity contribution in [1.82, 2.24) is 9.88 Å². The van der Waals surface area contributed by atoms with Crippen molar-refractivity contribution in [3.05, 3.63) is 78.9 Å². The molecule has 3 aliphatic rings. The van der Waals surface area contributed by atoms with Gasteiger partial charge in [-0.3, -0.25) is 9.88 Å². The van der Waals surface area contributed by atoms with Crippen LogP contribution in [0.25, 0.3) is 10.9 Å². The molecule has 3 saturated heterocycles. The first-order valence-electron chi connectivity index (χ1n) is 10.2. The minimum atomic E-state index is -0.427. The summed E-state index contributed by atoms with van der Waals surface area (Å²) in [4.78, 5) is 19.8. The Bertz CT molecular complexity index is 1020. The standard InChI is InChI=1S/C24H24N2O3/c1-2-16-15-26-12-10-17(16)14-21(26)23(29-24(27)22-8-5-13-28-22)19-9-11-25-20-7-4-3-6-18(19)20/h2-9,11,13,16-17,21,23H,1,10,12,14-15H2/t16-,17-,21-,23-/m1/s1. The molecule has 5 atom stereocenters. The second-order valence-corrected chi connectivity index (χ2v) is 7.97. The first kappa shape index (κ1) is 18.1. The SMILES string of the molecule is C=C[C@@H]1CN2CC[C@@H]1C[C@@H]2[C@H](OC(=O)c1ccco1)c1ccnc2ccccc12. The highest BCUT2D eigenvalue weighted by Gasteiger charge is 2.44. The van der Waals surface area contributed by atoms with Gasteiger partial charge in [-0.15, -0.1) is 6.58 Å². The van der Waals surface area contributed by atoms with Crippen molar-refractivity contribution in [3.8, 4) is 0 Å². The van der Waals surface area contributed by atoms with Gasteiger partial charge in [0.2, 0.25) is 5.76 Å². The second kappa shape index (κ2) is 7.48. The van der Waals surface area contributed by atoms with Crippen molar-refractivity contribution >= 4 is 16.9 Å². The van der Waals surface area contributed by atoms with Gasteiger partial charge in [0.25, 0.3) is 0 Å². The van der Waals surface area contributed by atoms with Gasteiger partial charge in [0.1, 0.15) is 6.10 Å². The molecular weight excluding hydrogens is 364 g/mol. The summed E-state index contributed by atoms with van der Waals surface area (Å²) >= 11 is 0. The van der Waals surface area contributed by atoms with Crippen LogP contribution in [0.5, 0.6) is 0 Å². The Balaban J connectivity index is 1.55. The van der Waals surface area contributed by atoms with Crippen molar-refractivity contribution in [2.45, 2.75) is 25.0 Å². The molecule has 148 valence electrons. The van der Waals surface area contributed by atoms with Crippen LogP contribution in [-0.2, 0) is 4.74 Å². The molecule has 6 rings (SSSR count). The molecule has 5 nitrogen and oxygen atoms in total. The van der Waals surface area contributed by atoms with E-state index in [2.05, 4.69) is 22.5 Å². The summed E-state index contributed by atoms with van der Waals surface area (Å²) in [7, 11) is 0. The van der Waals surface area contributed by atoms with Crippen LogP contribution in [0.4, 0.5) is 0 Å². The lowest BCUT2D eigenvalue weighted by Gasteiger charge is -2.51. The Morgan fingerprint density at radius 2 is 2.17 bits per heavy atom. The number of para-hydroxylation sites is 1. The number of aromatic nitrogens is 1. The average molecular weight is 388 g/mol. The van der Waals surface area contributed by atoms with Crippen LogP contribution in [0.2, 0.25) is 0 Å². The number of carbonyl (C=O) groups is 1. The van der Waals surface area contributed by atoms with Crippen molar-refractivity contribution in [2.75, 3.05) is 13.1 Å². The number of hydrogen-bond donors (Lipinski definition) is 0. The normalized spacial score (nSPS) is 26.9. The quantitative estimate of drug-likeness (QED) is 0.471. The van der Waals surface area contributed by atoms with E-state index in [-0.39, 0.29) is 17.9 Å². The minimum absolute atomic E-state index is 0.134. The van der Waals surface area contributed by atoms with Crippen molar-refractivity contribution in [3.63, 3.8) is 0 Å². The summed E-state index contributed by atoms with van der Waals surface area (Å²) in [5, 5.41) is 1.02. The number of furan rings is 1. The third-order valence-electron chi connectivity index (χ3n) is 6.45. The third kappa shape index (κ3) is 3.25. The fourth-order valence-corrected chi connectivity index (χ4v) is 4.98. The van der Waals surface area contributed by atoms with Crippen molar-refractivity contribution in [1.29, 1.82) is 0 Å². The van der Waals surface area contributed by atoms with Gasteiger partial charge >= 0.3 is 5.97 Å². The van der Waals surface area contributed by atoms with Crippen LogP contribution in [0.1, 0.15) is 35.1 Å². The third-order valence-corrected chi connectivity index (χ3v) is 6.45. The van der Waals surface area contributed by atoms with Crippen molar-refractivity contribution < 1.29 is 13.9 Å². The molecule has 0 N–H and O–H groups in total. The smallest absolute Gasteiger partial charge is 0.374 e. The van der Waals surface area contributed by atoms with Gasteiger partial charge in [0.15, 0.2) is 0 Å². The lowest BCUT2D eigenvalue weighted by Crippen LogP contribution is -2.55. The zero-order valence-electron chi connectivity index (χ0n) is 16.2. The predicted molar refractivity (Wildman–Crippen MR) is 110 cm³/mol. The Morgan fingerprint density at radius 3 is 2.93 bits per heavy atom. The highest BCUT2D eigenvalue weighted by atomic mass is 16.6. The van der Waals surface area contributed by atoms with Gasteiger partial charge in [-0.25, -0.2) is 4.79 Å².